The van der Waals surface area contributed by atoms with E-state index >= 15 is 0 Å². The summed E-state index contributed by atoms with van der Waals surface area (Å²) in [5.41, 5.74) is 9.36. The van der Waals surface area contributed by atoms with Gasteiger partial charge in [-0.3, -0.25) is 9.79 Å². The number of methoxy groups -OCH3 is 1. The van der Waals surface area contributed by atoms with Crippen LogP contribution in [0.3, 0.4) is 0 Å². The predicted molar refractivity (Wildman–Crippen MR) is 86.5 cm³/mol. The molecule has 5 heteroatoms. The Morgan fingerprint density at radius 3 is 2.38 bits per heavy atom. The summed E-state index contributed by atoms with van der Waals surface area (Å²) in [5.74, 6) is -0.265. The van der Waals surface area contributed by atoms with Crippen molar-refractivity contribution >= 4 is 17.6 Å². The number of hydrogen-bond donors (Lipinski definition) is 2. The first-order valence-electron chi connectivity index (χ1n) is 7.28. The highest BCUT2D eigenvalue weighted by Gasteiger charge is 2.12. The quantitative estimate of drug-likeness (QED) is 0.479. The lowest BCUT2D eigenvalue weighted by molar-refractivity contribution is -0.144. The minimum atomic E-state index is -0.303. The van der Waals surface area contributed by atoms with E-state index < -0.39 is 0 Å². The molecule has 0 saturated carbocycles. The number of anilines is 1. The number of guanidine groups is 1. The number of rotatable bonds is 6. The predicted octanol–water partition coefficient (Wildman–Crippen LogP) is 2.35. The molecule has 1 aromatic rings. The number of para-hydroxylation sites is 1. The number of benzene rings is 1. The van der Waals surface area contributed by atoms with Crippen molar-refractivity contribution in [2.75, 3.05) is 19.0 Å². The second-order valence-corrected chi connectivity index (χ2v) is 4.93. The molecular formula is C16H25N3O2. The number of aryl methyl sites for hydroxylation is 2. The van der Waals surface area contributed by atoms with Crippen LogP contribution in [0.25, 0.3) is 0 Å². The molecule has 0 aromatic heterocycles. The van der Waals surface area contributed by atoms with Gasteiger partial charge in [-0.1, -0.05) is 39.0 Å². The zero-order valence-corrected chi connectivity index (χ0v) is 13.3. The van der Waals surface area contributed by atoms with E-state index in [0.717, 1.165) is 18.5 Å². The Labute approximate surface area is 126 Å². The van der Waals surface area contributed by atoms with E-state index in [0.29, 0.717) is 12.5 Å². The van der Waals surface area contributed by atoms with Gasteiger partial charge in [0.15, 0.2) is 5.96 Å². The van der Waals surface area contributed by atoms with E-state index in [1.54, 1.807) is 6.92 Å². The number of esters is 1. The zero-order valence-electron chi connectivity index (χ0n) is 13.3. The number of nitrogens with zero attached hydrogens (tertiary/aromatic N) is 1. The SMILES string of the molecule is CCc1cccc(CC)c1NC(N)=NCC(C)C(=O)OC. The molecule has 0 aliphatic heterocycles. The van der Waals surface area contributed by atoms with Crippen LogP contribution in [0, 0.1) is 5.92 Å². The number of nitrogens with one attached hydrogen (secondary N) is 1. The van der Waals surface area contributed by atoms with Crippen molar-refractivity contribution < 1.29 is 9.53 Å². The van der Waals surface area contributed by atoms with Crippen LogP contribution >= 0.6 is 0 Å². The number of carbonyl (C=O) groups is 1. The third-order valence-electron chi connectivity index (χ3n) is 3.39. The van der Waals surface area contributed by atoms with Gasteiger partial charge in [0.1, 0.15) is 0 Å². The smallest absolute Gasteiger partial charge is 0.310 e. The fraction of sp³-hybridized carbons (Fsp3) is 0.500. The van der Waals surface area contributed by atoms with E-state index in [2.05, 4.69) is 47.1 Å². The van der Waals surface area contributed by atoms with E-state index in [9.17, 15) is 4.79 Å². The van der Waals surface area contributed by atoms with Gasteiger partial charge in [0.25, 0.3) is 0 Å². The molecule has 1 rings (SSSR count). The van der Waals surface area contributed by atoms with Crippen molar-refractivity contribution in [1.82, 2.24) is 0 Å². The van der Waals surface area contributed by atoms with Crippen molar-refractivity contribution in [2.45, 2.75) is 33.6 Å². The van der Waals surface area contributed by atoms with Gasteiger partial charge in [-0.15, -0.1) is 0 Å². The highest BCUT2D eigenvalue weighted by atomic mass is 16.5. The lowest BCUT2D eigenvalue weighted by atomic mass is 10.0. The molecule has 0 heterocycles. The van der Waals surface area contributed by atoms with Crippen molar-refractivity contribution in [1.29, 1.82) is 0 Å². The zero-order chi connectivity index (χ0) is 15.8. The molecule has 0 spiro atoms. The Morgan fingerprint density at radius 1 is 1.33 bits per heavy atom. The third kappa shape index (κ3) is 4.77. The first kappa shape index (κ1) is 17.0. The average molecular weight is 291 g/mol. The maximum atomic E-state index is 11.3. The summed E-state index contributed by atoms with van der Waals surface area (Å²) in [4.78, 5) is 15.6. The standard InChI is InChI=1S/C16H25N3O2/c1-5-12-8-7-9-13(6-2)14(12)19-16(17)18-10-11(3)15(20)21-4/h7-9,11H,5-6,10H2,1-4H3,(H3,17,18,19). The average Bonchev–Trinajstić information content (AvgIpc) is 2.51. The van der Waals surface area contributed by atoms with E-state index in [4.69, 9.17) is 5.73 Å². The van der Waals surface area contributed by atoms with Crippen LogP contribution in [-0.2, 0) is 22.4 Å². The molecule has 1 atom stereocenters. The molecule has 0 amide bonds. The molecule has 0 bridgehead atoms. The van der Waals surface area contributed by atoms with Gasteiger partial charge in [-0.2, -0.15) is 0 Å². The molecule has 5 nitrogen and oxygen atoms in total. The molecule has 3 N–H and O–H groups in total. The summed E-state index contributed by atoms with van der Waals surface area (Å²) in [5, 5.41) is 3.17. The first-order chi connectivity index (χ1) is 10.0. The molecule has 116 valence electrons. The minimum Gasteiger partial charge on any atom is -0.469 e. The van der Waals surface area contributed by atoms with Crippen LogP contribution < -0.4 is 11.1 Å². The number of carbonyl (C=O) groups excluding carboxylic acids is 1. The van der Waals surface area contributed by atoms with Crippen LogP contribution in [0.1, 0.15) is 31.9 Å². The summed E-state index contributed by atoms with van der Waals surface area (Å²) in [6.45, 7) is 6.28. The van der Waals surface area contributed by atoms with Gasteiger partial charge in [0, 0.05) is 5.69 Å². The molecule has 0 aliphatic rings. The second-order valence-electron chi connectivity index (χ2n) is 4.93. The third-order valence-corrected chi connectivity index (χ3v) is 3.39. The molecule has 21 heavy (non-hydrogen) atoms. The Kier molecular flexibility index (Phi) is 6.72. The van der Waals surface area contributed by atoms with Crippen molar-refractivity contribution in [3.05, 3.63) is 29.3 Å². The summed E-state index contributed by atoms with van der Waals surface area (Å²) in [6.07, 6.45) is 1.84. The van der Waals surface area contributed by atoms with Gasteiger partial charge in [-0.25, -0.2) is 0 Å². The number of hydrogen-bond acceptors (Lipinski definition) is 3. The molecule has 0 radical (unpaired) electrons. The highest BCUT2D eigenvalue weighted by Crippen LogP contribution is 2.22. The van der Waals surface area contributed by atoms with Gasteiger partial charge in [0.2, 0.25) is 0 Å². The summed E-state index contributed by atoms with van der Waals surface area (Å²) < 4.78 is 4.67. The maximum Gasteiger partial charge on any atom is 0.310 e. The number of aliphatic imine (C=N–C) groups is 1. The number of nitrogens with two attached hydrogens (primary N) is 1. The minimum absolute atomic E-state index is 0.283. The normalized spacial score (nSPS) is 12.9. The Balaban J connectivity index is 2.83. The van der Waals surface area contributed by atoms with Crippen molar-refractivity contribution in [3.8, 4) is 0 Å². The largest absolute Gasteiger partial charge is 0.469 e. The Morgan fingerprint density at radius 2 is 1.90 bits per heavy atom. The second kappa shape index (κ2) is 8.29. The van der Waals surface area contributed by atoms with Gasteiger partial charge >= 0.3 is 5.97 Å². The van der Waals surface area contributed by atoms with Crippen molar-refractivity contribution in [2.24, 2.45) is 16.6 Å². The lowest BCUT2D eigenvalue weighted by Crippen LogP contribution is -2.26. The van der Waals surface area contributed by atoms with E-state index in [1.165, 1.54) is 18.2 Å². The molecular weight excluding hydrogens is 266 g/mol. The fourth-order valence-electron chi connectivity index (χ4n) is 2.08. The van der Waals surface area contributed by atoms with Crippen LogP contribution in [0.2, 0.25) is 0 Å². The van der Waals surface area contributed by atoms with Crippen LogP contribution in [0.5, 0.6) is 0 Å². The topological polar surface area (TPSA) is 76.7 Å². The van der Waals surface area contributed by atoms with Crippen LogP contribution in [-0.4, -0.2) is 25.6 Å². The molecule has 0 saturated heterocycles. The van der Waals surface area contributed by atoms with E-state index in [1.807, 2.05) is 0 Å². The molecule has 1 unspecified atom stereocenters. The lowest BCUT2D eigenvalue weighted by Gasteiger charge is -2.15. The maximum absolute atomic E-state index is 11.3. The number of ether oxygens (including phenoxy) is 1. The van der Waals surface area contributed by atoms with Crippen LogP contribution in [0.15, 0.2) is 23.2 Å². The molecule has 0 aliphatic carbocycles. The molecule has 1 aromatic carbocycles. The van der Waals surface area contributed by atoms with Gasteiger partial charge in [-0.05, 0) is 24.0 Å². The fourth-order valence-corrected chi connectivity index (χ4v) is 2.08. The molecule has 0 fully saturated rings. The van der Waals surface area contributed by atoms with Gasteiger partial charge < -0.3 is 15.8 Å². The summed E-state index contributed by atoms with van der Waals surface area (Å²) in [6, 6.07) is 6.20. The first-order valence-corrected chi connectivity index (χ1v) is 7.28. The Bertz CT molecular complexity index is 490. The monoisotopic (exact) mass is 291 g/mol. The highest BCUT2D eigenvalue weighted by molar-refractivity contribution is 5.94. The Hall–Kier alpha value is -2.04. The summed E-state index contributed by atoms with van der Waals surface area (Å²) in [7, 11) is 1.37. The summed E-state index contributed by atoms with van der Waals surface area (Å²) >= 11 is 0. The van der Waals surface area contributed by atoms with E-state index in [-0.39, 0.29) is 11.9 Å². The van der Waals surface area contributed by atoms with Crippen LogP contribution in [0.4, 0.5) is 5.69 Å². The van der Waals surface area contributed by atoms with Gasteiger partial charge in [0.05, 0.1) is 19.6 Å². The van der Waals surface area contributed by atoms with Crippen molar-refractivity contribution in [3.63, 3.8) is 0 Å².